The van der Waals surface area contributed by atoms with Crippen LogP contribution in [0.5, 0.6) is 0 Å². The molecule has 1 N–H and O–H groups in total. The normalized spacial score (nSPS) is 11.0. The van der Waals surface area contributed by atoms with Gasteiger partial charge in [-0.05, 0) is 29.2 Å². The molecule has 0 unspecified atom stereocenters. The lowest BCUT2D eigenvalue weighted by Gasteiger charge is -2.21. The highest BCUT2D eigenvalue weighted by molar-refractivity contribution is 7.14. The van der Waals surface area contributed by atoms with Crippen LogP contribution in [0, 0.1) is 0 Å². The molecule has 0 amide bonds. The number of carbonyl (C=O) groups is 1. The van der Waals surface area contributed by atoms with Gasteiger partial charge in [-0.1, -0.05) is 61.8 Å². The number of aliphatic carboxylic acids is 1. The molecule has 28 heavy (non-hydrogen) atoms. The van der Waals surface area contributed by atoms with Gasteiger partial charge in [0.25, 0.3) is 0 Å². The van der Waals surface area contributed by atoms with Crippen LogP contribution in [0.1, 0.15) is 37.3 Å². The fourth-order valence-electron chi connectivity index (χ4n) is 2.86. The van der Waals surface area contributed by atoms with Gasteiger partial charge in [-0.3, -0.25) is 4.79 Å². The Bertz CT molecular complexity index is 920. The highest BCUT2D eigenvalue weighted by Gasteiger charge is 2.15. The first-order valence-electron chi connectivity index (χ1n) is 9.19. The maximum absolute atomic E-state index is 11.1. The van der Waals surface area contributed by atoms with Crippen LogP contribution in [0.25, 0.3) is 11.3 Å². The van der Waals surface area contributed by atoms with E-state index in [1.807, 2.05) is 34.5 Å². The van der Waals surface area contributed by atoms with E-state index in [4.69, 9.17) is 21.7 Å². The van der Waals surface area contributed by atoms with Gasteiger partial charge in [0, 0.05) is 29.1 Å². The van der Waals surface area contributed by atoms with Crippen molar-refractivity contribution in [2.45, 2.75) is 32.7 Å². The Balaban J connectivity index is 1.81. The second-order valence-electron chi connectivity index (χ2n) is 6.98. The summed E-state index contributed by atoms with van der Waals surface area (Å²) < 4.78 is 0. The highest BCUT2D eigenvalue weighted by Crippen LogP contribution is 2.29. The number of rotatable bonds is 8. The second-order valence-corrected chi connectivity index (χ2v) is 8.26. The van der Waals surface area contributed by atoms with Crippen LogP contribution >= 0.6 is 22.9 Å². The molecule has 1 aromatic heterocycles. The molecule has 0 saturated heterocycles. The monoisotopic (exact) mass is 414 g/mol. The molecule has 0 aliphatic carbocycles. The molecule has 0 aliphatic rings. The van der Waals surface area contributed by atoms with Gasteiger partial charge in [-0.25, -0.2) is 4.98 Å². The van der Waals surface area contributed by atoms with Crippen molar-refractivity contribution >= 4 is 34.0 Å². The average Bonchev–Trinajstić information content (AvgIpc) is 3.16. The van der Waals surface area contributed by atoms with Gasteiger partial charge >= 0.3 is 5.97 Å². The molecule has 0 spiro atoms. The van der Waals surface area contributed by atoms with Crippen LogP contribution in [0.15, 0.2) is 53.9 Å². The van der Waals surface area contributed by atoms with E-state index < -0.39 is 5.97 Å². The zero-order valence-corrected chi connectivity index (χ0v) is 17.5. The predicted octanol–water partition coefficient (Wildman–Crippen LogP) is 6.07. The summed E-state index contributed by atoms with van der Waals surface area (Å²) in [5.74, 6) is -0.326. The summed E-state index contributed by atoms with van der Waals surface area (Å²) in [4.78, 5) is 17.9. The van der Waals surface area contributed by atoms with E-state index in [1.54, 1.807) is 0 Å². The van der Waals surface area contributed by atoms with Crippen molar-refractivity contribution in [2.75, 3.05) is 11.4 Å². The Labute approximate surface area is 174 Å². The minimum Gasteiger partial charge on any atom is -0.481 e. The minimum atomic E-state index is -0.817. The maximum atomic E-state index is 11.1. The van der Waals surface area contributed by atoms with E-state index in [0.29, 0.717) is 24.0 Å². The fourth-order valence-corrected chi connectivity index (χ4v) is 3.85. The number of hydrogen-bond acceptors (Lipinski definition) is 4. The van der Waals surface area contributed by atoms with Gasteiger partial charge in [0.05, 0.1) is 12.1 Å². The van der Waals surface area contributed by atoms with Crippen molar-refractivity contribution in [1.82, 2.24) is 4.98 Å². The van der Waals surface area contributed by atoms with Crippen LogP contribution in [0.4, 0.5) is 5.13 Å². The molecule has 6 heteroatoms. The molecule has 0 saturated carbocycles. The SMILES string of the molecule is CC(C)c1ccc(-c2csc(N(CCC(=O)O)Cc3ccc(Cl)cc3)n2)cc1. The first-order valence-corrected chi connectivity index (χ1v) is 10.4. The standard InChI is InChI=1S/C22H23ClN2O2S/c1-15(2)17-5-7-18(8-6-17)20-14-28-22(24-20)25(12-11-21(26)27)13-16-3-9-19(23)10-4-16/h3-10,14-15H,11-13H2,1-2H3,(H,26,27). The Hall–Kier alpha value is -2.37. The van der Waals surface area contributed by atoms with E-state index in [-0.39, 0.29) is 6.42 Å². The lowest BCUT2D eigenvalue weighted by molar-refractivity contribution is -0.136. The molecule has 146 valence electrons. The van der Waals surface area contributed by atoms with Gasteiger partial charge in [-0.15, -0.1) is 11.3 Å². The van der Waals surface area contributed by atoms with Crippen LogP contribution in [-0.2, 0) is 11.3 Å². The first-order chi connectivity index (χ1) is 13.4. The average molecular weight is 415 g/mol. The smallest absolute Gasteiger partial charge is 0.305 e. The third-order valence-corrected chi connectivity index (χ3v) is 5.67. The van der Waals surface area contributed by atoms with Gasteiger partial charge in [-0.2, -0.15) is 0 Å². The van der Waals surface area contributed by atoms with Crippen molar-refractivity contribution in [3.05, 3.63) is 70.1 Å². The van der Waals surface area contributed by atoms with E-state index >= 15 is 0 Å². The number of aromatic nitrogens is 1. The quantitative estimate of drug-likeness (QED) is 0.486. The number of hydrogen-bond donors (Lipinski definition) is 1. The molecule has 0 bridgehead atoms. The van der Waals surface area contributed by atoms with Crippen LogP contribution in [0.3, 0.4) is 0 Å². The molecule has 3 aromatic rings. The largest absolute Gasteiger partial charge is 0.481 e. The summed E-state index contributed by atoms with van der Waals surface area (Å²) >= 11 is 7.50. The van der Waals surface area contributed by atoms with E-state index in [0.717, 1.165) is 22.0 Å². The number of halogens is 1. The topological polar surface area (TPSA) is 53.4 Å². The molecule has 0 fully saturated rings. The number of anilines is 1. The summed E-state index contributed by atoms with van der Waals surface area (Å²) in [6, 6.07) is 16.0. The summed E-state index contributed by atoms with van der Waals surface area (Å²) in [6.45, 7) is 5.33. The van der Waals surface area contributed by atoms with E-state index in [2.05, 4.69) is 38.1 Å². The second kappa shape index (κ2) is 9.22. The molecule has 4 nitrogen and oxygen atoms in total. The summed E-state index contributed by atoms with van der Waals surface area (Å²) in [6.07, 6.45) is 0.0611. The van der Waals surface area contributed by atoms with Crippen LogP contribution in [0.2, 0.25) is 5.02 Å². The van der Waals surface area contributed by atoms with Crippen molar-refractivity contribution < 1.29 is 9.90 Å². The number of carboxylic acid groups (broad SMARTS) is 1. The van der Waals surface area contributed by atoms with E-state index in [1.165, 1.54) is 16.9 Å². The lowest BCUT2D eigenvalue weighted by atomic mass is 10.0. The number of nitrogens with zero attached hydrogens (tertiary/aromatic N) is 2. The Morgan fingerprint density at radius 2 is 1.82 bits per heavy atom. The molecule has 2 aromatic carbocycles. The first kappa shape index (κ1) is 20.4. The summed E-state index contributed by atoms with van der Waals surface area (Å²) in [7, 11) is 0. The number of carboxylic acids is 1. The van der Waals surface area contributed by atoms with Crippen LogP contribution < -0.4 is 4.90 Å². The molecule has 3 rings (SSSR count). The zero-order valence-electron chi connectivity index (χ0n) is 15.9. The van der Waals surface area contributed by atoms with Gasteiger partial charge in [0.2, 0.25) is 0 Å². The molecule has 0 atom stereocenters. The van der Waals surface area contributed by atoms with Crippen LogP contribution in [-0.4, -0.2) is 22.6 Å². The molecule has 0 radical (unpaired) electrons. The molecular weight excluding hydrogens is 392 g/mol. The van der Waals surface area contributed by atoms with E-state index in [9.17, 15) is 4.79 Å². The van der Waals surface area contributed by atoms with Crippen molar-refractivity contribution in [3.63, 3.8) is 0 Å². The Kier molecular flexibility index (Phi) is 6.70. The third kappa shape index (κ3) is 5.33. The zero-order chi connectivity index (χ0) is 20.1. The molecular formula is C22H23ClN2O2S. The number of thiazole rings is 1. The summed E-state index contributed by atoms with van der Waals surface area (Å²) in [5, 5.41) is 12.6. The summed E-state index contributed by atoms with van der Waals surface area (Å²) in [5.41, 5.74) is 4.33. The lowest BCUT2D eigenvalue weighted by Crippen LogP contribution is -2.25. The van der Waals surface area contributed by atoms with Gasteiger partial charge in [0.1, 0.15) is 0 Å². The molecule has 1 heterocycles. The highest BCUT2D eigenvalue weighted by atomic mass is 35.5. The van der Waals surface area contributed by atoms with Crippen molar-refractivity contribution in [1.29, 1.82) is 0 Å². The Morgan fingerprint density at radius 3 is 2.43 bits per heavy atom. The fraction of sp³-hybridized carbons (Fsp3) is 0.273. The van der Waals surface area contributed by atoms with Gasteiger partial charge in [0.15, 0.2) is 5.13 Å². The minimum absolute atomic E-state index is 0.0611. The number of benzene rings is 2. The Morgan fingerprint density at radius 1 is 1.14 bits per heavy atom. The predicted molar refractivity (Wildman–Crippen MR) is 116 cm³/mol. The molecule has 0 aliphatic heterocycles. The van der Waals surface area contributed by atoms with Crippen molar-refractivity contribution in [3.8, 4) is 11.3 Å². The third-order valence-electron chi connectivity index (χ3n) is 4.52. The maximum Gasteiger partial charge on any atom is 0.305 e. The van der Waals surface area contributed by atoms with Crippen molar-refractivity contribution in [2.24, 2.45) is 0 Å². The van der Waals surface area contributed by atoms with Gasteiger partial charge < -0.3 is 10.0 Å².